The van der Waals surface area contributed by atoms with Gasteiger partial charge in [-0.2, -0.15) is 0 Å². The zero-order chi connectivity index (χ0) is 36.3. The Morgan fingerprint density at radius 3 is 1.69 bits per heavy atom. The van der Waals surface area contributed by atoms with Crippen LogP contribution in [0, 0.1) is 0 Å². The zero-order valence-corrected chi connectivity index (χ0v) is 29.5. The molecule has 0 amide bonds. The van der Waals surface area contributed by atoms with Crippen LogP contribution >= 0.6 is 0 Å². The van der Waals surface area contributed by atoms with Gasteiger partial charge in [-0.15, -0.1) is 0 Å². The minimum Gasteiger partial charge on any atom is -0.456 e. The fourth-order valence-corrected chi connectivity index (χ4v) is 7.77. The van der Waals surface area contributed by atoms with Crippen molar-refractivity contribution in [2.24, 2.45) is 0 Å². The number of hydrogen-bond donors (Lipinski definition) is 0. The number of anilines is 6. The van der Waals surface area contributed by atoms with Gasteiger partial charge in [0.15, 0.2) is 11.2 Å². The summed E-state index contributed by atoms with van der Waals surface area (Å²) in [7, 11) is 0. The fourth-order valence-electron chi connectivity index (χ4n) is 7.77. The lowest BCUT2D eigenvalue weighted by Gasteiger charge is -2.29. The molecule has 0 saturated carbocycles. The topological polar surface area (TPSA) is 58.8 Å². The number of hydrogen-bond acceptors (Lipinski definition) is 6. The van der Waals surface area contributed by atoms with Crippen molar-refractivity contribution in [2.75, 3.05) is 9.80 Å². The lowest BCUT2D eigenvalue weighted by atomic mass is 10.1. The number of furan rings is 2. The van der Waals surface area contributed by atoms with Gasteiger partial charge in [-0.05, 0) is 84.9 Å². The smallest absolute Gasteiger partial charge is 0.227 e. The molecule has 0 spiro atoms. The van der Waals surface area contributed by atoms with E-state index in [0.717, 1.165) is 89.1 Å². The first kappa shape index (κ1) is 31.0. The van der Waals surface area contributed by atoms with Gasteiger partial charge in [0.05, 0.1) is 17.1 Å². The third kappa shape index (κ3) is 5.15. The molecule has 0 bridgehead atoms. The monoisotopic (exact) mass is 709 g/mol. The fraction of sp³-hybridized carbons (Fsp3) is 0. The normalized spacial score (nSPS) is 11.6. The highest BCUT2D eigenvalue weighted by molar-refractivity contribution is 6.12. The largest absolute Gasteiger partial charge is 0.456 e. The van der Waals surface area contributed by atoms with E-state index in [1.165, 1.54) is 0 Å². The van der Waals surface area contributed by atoms with E-state index in [2.05, 4.69) is 125 Å². The number of nitrogens with zero attached hydrogens (tertiary/aromatic N) is 3. The minimum absolute atomic E-state index is 0.543. The first-order valence-electron chi connectivity index (χ1n) is 18.3. The summed E-state index contributed by atoms with van der Waals surface area (Å²) >= 11 is 0. The predicted molar refractivity (Wildman–Crippen MR) is 223 cm³/mol. The molecule has 0 atom stereocenters. The van der Waals surface area contributed by atoms with Gasteiger partial charge in [0.2, 0.25) is 5.89 Å². The first-order chi connectivity index (χ1) is 27.3. The number of benzene rings is 8. The Morgan fingerprint density at radius 1 is 0.345 bits per heavy atom. The Labute approximate surface area is 315 Å². The van der Waals surface area contributed by atoms with Crippen molar-refractivity contribution >= 4 is 89.1 Å². The Kier molecular flexibility index (Phi) is 7.07. The molecule has 11 aromatic rings. The van der Waals surface area contributed by atoms with E-state index in [1.807, 2.05) is 72.8 Å². The van der Waals surface area contributed by atoms with Crippen LogP contribution in [0.4, 0.5) is 34.1 Å². The molecule has 0 saturated heterocycles. The molecule has 0 aliphatic heterocycles. The molecule has 3 heterocycles. The standard InChI is InChI=1S/C49H31N3O3/c1-4-15-32(16-5-1)49-50-41-30-36(51(33-17-6-2-7-18-33)35-27-28-46-40(29-35)38-22-11-12-25-44(38)53-46)31-43(48(41)55-49)52(34-19-8-3-9-20-34)42-24-14-23-39-37-21-10-13-26-45(37)54-47(39)42/h1-31H. The Balaban J connectivity index is 1.21. The average molecular weight is 710 g/mol. The molecule has 0 unspecified atom stereocenters. The summed E-state index contributed by atoms with van der Waals surface area (Å²) in [6.45, 7) is 0. The number of para-hydroxylation sites is 5. The van der Waals surface area contributed by atoms with Crippen LogP contribution in [-0.4, -0.2) is 4.98 Å². The summed E-state index contributed by atoms with van der Waals surface area (Å²) in [5.74, 6) is 0.543. The van der Waals surface area contributed by atoms with Crippen molar-refractivity contribution in [2.45, 2.75) is 0 Å². The molecule has 55 heavy (non-hydrogen) atoms. The van der Waals surface area contributed by atoms with Crippen molar-refractivity contribution in [3.05, 3.63) is 188 Å². The van der Waals surface area contributed by atoms with Gasteiger partial charge in [0, 0.05) is 44.2 Å². The minimum atomic E-state index is 0.543. The first-order valence-corrected chi connectivity index (χ1v) is 18.3. The Morgan fingerprint density at radius 2 is 0.945 bits per heavy atom. The molecule has 0 aliphatic carbocycles. The molecule has 260 valence electrons. The van der Waals surface area contributed by atoms with Gasteiger partial charge in [0.25, 0.3) is 0 Å². The lowest BCUT2D eigenvalue weighted by Crippen LogP contribution is -2.13. The number of oxazole rings is 1. The van der Waals surface area contributed by atoms with E-state index < -0.39 is 0 Å². The van der Waals surface area contributed by atoms with Gasteiger partial charge in [-0.1, -0.05) is 103 Å². The van der Waals surface area contributed by atoms with E-state index in [1.54, 1.807) is 0 Å². The van der Waals surface area contributed by atoms with Crippen LogP contribution in [-0.2, 0) is 0 Å². The summed E-state index contributed by atoms with van der Waals surface area (Å²) in [6, 6.07) is 64.2. The number of rotatable bonds is 7. The summed E-state index contributed by atoms with van der Waals surface area (Å²) in [6.07, 6.45) is 0. The second kappa shape index (κ2) is 12.5. The molecular weight excluding hydrogens is 679 g/mol. The summed E-state index contributed by atoms with van der Waals surface area (Å²) in [5.41, 5.74) is 11.1. The Bertz CT molecular complexity index is 3170. The Hall–Kier alpha value is -7.57. The highest BCUT2D eigenvalue weighted by Gasteiger charge is 2.26. The van der Waals surface area contributed by atoms with E-state index in [4.69, 9.17) is 18.2 Å². The molecule has 0 N–H and O–H groups in total. The average Bonchev–Trinajstić information content (AvgIpc) is 3.96. The third-order valence-corrected chi connectivity index (χ3v) is 10.2. The number of fused-ring (bicyclic) bond motifs is 7. The van der Waals surface area contributed by atoms with Crippen LogP contribution < -0.4 is 9.80 Å². The third-order valence-electron chi connectivity index (χ3n) is 10.2. The van der Waals surface area contributed by atoms with Crippen LogP contribution in [0.15, 0.2) is 201 Å². The molecule has 0 aliphatic rings. The van der Waals surface area contributed by atoms with E-state index in [-0.39, 0.29) is 0 Å². The molecule has 6 nitrogen and oxygen atoms in total. The molecular formula is C49H31N3O3. The van der Waals surface area contributed by atoms with Crippen LogP contribution in [0.1, 0.15) is 0 Å². The van der Waals surface area contributed by atoms with Gasteiger partial charge >= 0.3 is 0 Å². The second-order valence-corrected chi connectivity index (χ2v) is 13.6. The molecule has 11 rings (SSSR count). The van der Waals surface area contributed by atoms with E-state index in [9.17, 15) is 0 Å². The molecule has 0 fully saturated rings. The van der Waals surface area contributed by atoms with Crippen LogP contribution in [0.25, 0.3) is 66.4 Å². The maximum atomic E-state index is 6.81. The maximum Gasteiger partial charge on any atom is 0.227 e. The van der Waals surface area contributed by atoms with Gasteiger partial charge < -0.3 is 23.1 Å². The van der Waals surface area contributed by atoms with Crippen LogP contribution in [0.3, 0.4) is 0 Å². The quantitative estimate of drug-likeness (QED) is 0.164. The van der Waals surface area contributed by atoms with E-state index >= 15 is 0 Å². The molecule has 6 heteroatoms. The van der Waals surface area contributed by atoms with Gasteiger partial charge in [-0.25, -0.2) is 4.98 Å². The SMILES string of the molecule is c1ccc(-c2nc3cc(N(c4ccccc4)c4ccc5oc6ccccc6c5c4)cc(N(c4ccccc4)c4cccc5c4oc4ccccc45)c3o2)cc1. The predicted octanol–water partition coefficient (Wildman–Crippen LogP) is 14.2. The zero-order valence-electron chi connectivity index (χ0n) is 29.5. The van der Waals surface area contributed by atoms with E-state index in [0.29, 0.717) is 11.5 Å². The van der Waals surface area contributed by atoms with Crippen LogP contribution in [0.2, 0.25) is 0 Å². The molecule has 0 radical (unpaired) electrons. The number of aromatic nitrogens is 1. The van der Waals surface area contributed by atoms with Gasteiger partial charge in [-0.3, -0.25) is 0 Å². The van der Waals surface area contributed by atoms with Crippen molar-refractivity contribution < 1.29 is 13.3 Å². The second-order valence-electron chi connectivity index (χ2n) is 13.6. The highest BCUT2D eigenvalue weighted by Crippen LogP contribution is 2.48. The van der Waals surface area contributed by atoms with Crippen molar-refractivity contribution in [3.63, 3.8) is 0 Å². The van der Waals surface area contributed by atoms with Crippen molar-refractivity contribution in [1.82, 2.24) is 4.98 Å². The summed E-state index contributed by atoms with van der Waals surface area (Å²) < 4.78 is 19.7. The molecule has 3 aromatic heterocycles. The summed E-state index contributed by atoms with van der Waals surface area (Å²) in [4.78, 5) is 9.66. The van der Waals surface area contributed by atoms with Crippen molar-refractivity contribution in [3.8, 4) is 11.5 Å². The van der Waals surface area contributed by atoms with Crippen LogP contribution in [0.5, 0.6) is 0 Å². The lowest BCUT2D eigenvalue weighted by molar-refractivity contribution is 0.620. The van der Waals surface area contributed by atoms with Crippen molar-refractivity contribution in [1.29, 1.82) is 0 Å². The maximum absolute atomic E-state index is 6.81. The highest BCUT2D eigenvalue weighted by atomic mass is 16.4. The summed E-state index contributed by atoms with van der Waals surface area (Å²) in [5, 5.41) is 4.22. The van der Waals surface area contributed by atoms with Gasteiger partial charge in [0.1, 0.15) is 22.3 Å². The molecule has 8 aromatic carbocycles.